The van der Waals surface area contributed by atoms with Crippen LogP contribution < -0.4 is 5.73 Å². The van der Waals surface area contributed by atoms with Crippen molar-refractivity contribution in [3.8, 4) is 0 Å². The molecule has 17 heavy (non-hydrogen) atoms. The minimum Gasteiger partial charge on any atom is -0.316 e. The van der Waals surface area contributed by atoms with Gasteiger partial charge >= 0.3 is 6.18 Å². The van der Waals surface area contributed by atoms with Crippen LogP contribution in [0.15, 0.2) is 23.1 Å². The van der Waals surface area contributed by atoms with Crippen molar-refractivity contribution in [3.63, 3.8) is 0 Å². The summed E-state index contributed by atoms with van der Waals surface area (Å²) in [5, 5.41) is -0.322. The molecule has 0 amide bonds. The molecule has 1 atom stereocenters. The second kappa shape index (κ2) is 4.47. The summed E-state index contributed by atoms with van der Waals surface area (Å²) in [5.41, 5.74) is 4.62. The van der Waals surface area contributed by atoms with Gasteiger partial charge in [-0.15, -0.1) is 0 Å². The summed E-state index contributed by atoms with van der Waals surface area (Å²) >= 11 is 5.59. The molecule has 3 nitrogen and oxygen atoms in total. The maximum atomic E-state index is 12.3. The average molecular weight is 288 g/mol. The van der Waals surface area contributed by atoms with Crippen LogP contribution in [0.5, 0.6) is 0 Å². The molecule has 0 bridgehead atoms. The van der Waals surface area contributed by atoms with Gasteiger partial charge in [0.05, 0.1) is 4.90 Å². The Bertz CT molecular complexity index is 528. The van der Waals surface area contributed by atoms with Gasteiger partial charge in [-0.1, -0.05) is 17.7 Å². The minimum atomic E-state index is -4.63. The molecule has 96 valence electrons. The number of sulfone groups is 1. The highest BCUT2D eigenvalue weighted by molar-refractivity contribution is 7.90. The van der Waals surface area contributed by atoms with Gasteiger partial charge in [-0.05, 0) is 17.7 Å². The molecule has 0 fully saturated rings. The zero-order valence-corrected chi connectivity index (χ0v) is 10.2. The molecule has 0 heterocycles. The highest BCUT2D eigenvalue weighted by atomic mass is 35.5. The summed E-state index contributed by atoms with van der Waals surface area (Å²) in [6, 6.07) is 0.736. The highest BCUT2D eigenvalue weighted by Gasteiger charge is 2.39. The second-order valence-electron chi connectivity index (χ2n) is 3.47. The fraction of sp³-hybridized carbons (Fsp3) is 0.333. The molecule has 0 aliphatic heterocycles. The van der Waals surface area contributed by atoms with Crippen LogP contribution in [-0.2, 0) is 9.84 Å². The van der Waals surface area contributed by atoms with Crippen LogP contribution in [0.1, 0.15) is 11.6 Å². The molecule has 0 radical (unpaired) electrons. The number of alkyl halides is 3. The molecular weight excluding hydrogens is 279 g/mol. The Kier molecular flexibility index (Phi) is 3.75. The Labute approximate surface area is 101 Å². The van der Waals surface area contributed by atoms with E-state index in [-0.39, 0.29) is 15.5 Å². The van der Waals surface area contributed by atoms with Crippen molar-refractivity contribution in [2.24, 2.45) is 5.73 Å². The molecule has 1 aromatic carbocycles. The van der Waals surface area contributed by atoms with Crippen molar-refractivity contribution in [3.05, 3.63) is 28.8 Å². The van der Waals surface area contributed by atoms with Gasteiger partial charge in [0.25, 0.3) is 0 Å². The molecule has 1 aromatic rings. The Morgan fingerprint density at radius 2 is 1.88 bits per heavy atom. The SMILES string of the molecule is CS(=O)(=O)c1ccc([C@H](N)C(F)(F)F)c(Cl)c1. The number of benzene rings is 1. The highest BCUT2D eigenvalue weighted by Crippen LogP contribution is 2.34. The molecular formula is C9H9ClF3NO2S. The van der Waals surface area contributed by atoms with Gasteiger partial charge in [-0.25, -0.2) is 8.42 Å². The van der Waals surface area contributed by atoms with E-state index < -0.39 is 22.1 Å². The lowest BCUT2D eigenvalue weighted by atomic mass is 10.1. The molecule has 0 aliphatic carbocycles. The van der Waals surface area contributed by atoms with Gasteiger partial charge < -0.3 is 5.73 Å². The van der Waals surface area contributed by atoms with Gasteiger partial charge in [0.1, 0.15) is 6.04 Å². The van der Waals surface area contributed by atoms with E-state index in [4.69, 9.17) is 17.3 Å². The minimum absolute atomic E-state index is 0.152. The lowest BCUT2D eigenvalue weighted by Crippen LogP contribution is -2.28. The second-order valence-corrected chi connectivity index (χ2v) is 5.90. The summed E-state index contributed by atoms with van der Waals surface area (Å²) < 4.78 is 59.3. The van der Waals surface area contributed by atoms with Crippen molar-refractivity contribution in [1.29, 1.82) is 0 Å². The van der Waals surface area contributed by atoms with E-state index in [1.54, 1.807) is 0 Å². The van der Waals surface area contributed by atoms with E-state index in [9.17, 15) is 21.6 Å². The topological polar surface area (TPSA) is 60.2 Å². The van der Waals surface area contributed by atoms with Crippen molar-refractivity contribution < 1.29 is 21.6 Å². The largest absolute Gasteiger partial charge is 0.407 e. The van der Waals surface area contributed by atoms with E-state index in [1.807, 2.05) is 0 Å². The van der Waals surface area contributed by atoms with Gasteiger partial charge in [0, 0.05) is 11.3 Å². The third kappa shape index (κ3) is 3.34. The first kappa shape index (κ1) is 14.3. The number of hydrogen-bond acceptors (Lipinski definition) is 3. The van der Waals surface area contributed by atoms with E-state index >= 15 is 0 Å². The normalized spacial score (nSPS) is 14.7. The molecule has 2 N–H and O–H groups in total. The van der Waals surface area contributed by atoms with Gasteiger partial charge in [-0.3, -0.25) is 0 Å². The summed E-state index contributed by atoms with van der Waals surface area (Å²) in [6.45, 7) is 0. The predicted octanol–water partition coefficient (Wildman–Crippen LogP) is 2.31. The fourth-order valence-electron chi connectivity index (χ4n) is 1.17. The third-order valence-electron chi connectivity index (χ3n) is 2.09. The van der Waals surface area contributed by atoms with Crippen molar-refractivity contribution in [2.75, 3.05) is 6.26 Å². The van der Waals surface area contributed by atoms with Crippen LogP contribution in [0, 0.1) is 0 Å². The number of halogens is 4. The van der Waals surface area contributed by atoms with Crippen molar-refractivity contribution in [1.82, 2.24) is 0 Å². The summed E-state index contributed by atoms with van der Waals surface area (Å²) in [4.78, 5) is -0.152. The van der Waals surface area contributed by atoms with Crippen LogP contribution in [0.3, 0.4) is 0 Å². The van der Waals surface area contributed by atoms with E-state index in [1.165, 1.54) is 0 Å². The van der Waals surface area contributed by atoms with Gasteiger partial charge in [-0.2, -0.15) is 13.2 Å². The molecule has 0 spiro atoms. The lowest BCUT2D eigenvalue weighted by molar-refractivity contribution is -0.149. The Morgan fingerprint density at radius 3 is 2.24 bits per heavy atom. The van der Waals surface area contributed by atoms with Crippen LogP contribution in [0.2, 0.25) is 5.02 Å². The van der Waals surface area contributed by atoms with Crippen LogP contribution in [-0.4, -0.2) is 20.8 Å². The number of hydrogen-bond donors (Lipinski definition) is 1. The molecule has 0 unspecified atom stereocenters. The molecule has 0 saturated heterocycles. The van der Waals surface area contributed by atoms with Crippen molar-refractivity contribution >= 4 is 21.4 Å². The van der Waals surface area contributed by atoms with E-state index in [0.29, 0.717) is 0 Å². The Hall–Kier alpha value is -0.790. The van der Waals surface area contributed by atoms with Crippen molar-refractivity contribution in [2.45, 2.75) is 17.1 Å². The summed E-state index contributed by atoms with van der Waals surface area (Å²) in [5.74, 6) is 0. The zero-order chi connectivity index (χ0) is 13.4. The summed E-state index contributed by atoms with van der Waals surface area (Å²) in [6.07, 6.45) is -3.70. The Morgan fingerprint density at radius 1 is 1.35 bits per heavy atom. The van der Waals surface area contributed by atoms with Crippen LogP contribution >= 0.6 is 11.6 Å². The molecule has 1 rings (SSSR count). The number of rotatable bonds is 2. The maximum absolute atomic E-state index is 12.3. The summed E-state index contributed by atoms with van der Waals surface area (Å²) in [7, 11) is -3.51. The molecule has 0 aromatic heterocycles. The van der Waals surface area contributed by atoms with Crippen LogP contribution in [0.25, 0.3) is 0 Å². The monoisotopic (exact) mass is 287 g/mol. The predicted molar refractivity (Wildman–Crippen MR) is 57.5 cm³/mol. The van der Waals surface area contributed by atoms with E-state index in [0.717, 1.165) is 24.5 Å². The Balaban J connectivity index is 3.24. The van der Waals surface area contributed by atoms with E-state index in [2.05, 4.69) is 0 Å². The first-order valence-corrected chi connectivity index (χ1v) is 6.62. The first-order chi connectivity index (χ1) is 7.53. The standard InChI is InChI=1S/C9H9ClF3NO2S/c1-17(15,16)5-2-3-6(7(10)4-5)8(14)9(11,12)13/h2-4,8H,14H2,1H3/t8-/m0/s1. The maximum Gasteiger partial charge on any atom is 0.407 e. The van der Waals surface area contributed by atoms with Crippen LogP contribution in [0.4, 0.5) is 13.2 Å². The third-order valence-corrected chi connectivity index (χ3v) is 3.53. The molecule has 0 saturated carbocycles. The number of nitrogens with two attached hydrogens (primary N) is 1. The van der Waals surface area contributed by atoms with Gasteiger partial charge in [0.15, 0.2) is 9.84 Å². The quantitative estimate of drug-likeness (QED) is 0.908. The fourth-order valence-corrected chi connectivity index (χ4v) is 2.18. The molecule has 8 heteroatoms. The first-order valence-electron chi connectivity index (χ1n) is 4.35. The lowest BCUT2D eigenvalue weighted by Gasteiger charge is -2.17. The smallest absolute Gasteiger partial charge is 0.316 e. The van der Waals surface area contributed by atoms with Gasteiger partial charge in [0.2, 0.25) is 0 Å². The zero-order valence-electron chi connectivity index (χ0n) is 8.62. The molecule has 0 aliphatic rings. The average Bonchev–Trinajstić information content (AvgIpc) is 2.13.